The Balaban J connectivity index is 1.67. The zero-order valence-electron chi connectivity index (χ0n) is 14.7. The third-order valence-electron chi connectivity index (χ3n) is 8.13. The summed E-state index contributed by atoms with van der Waals surface area (Å²) >= 11 is 0. The van der Waals surface area contributed by atoms with Crippen molar-refractivity contribution in [3.63, 3.8) is 0 Å². The number of fused-ring (bicyclic) bond motifs is 5. The van der Waals surface area contributed by atoms with Crippen LogP contribution in [0.1, 0.15) is 65.7 Å². The minimum absolute atomic E-state index is 0.190. The molecule has 4 aliphatic carbocycles. The molecule has 0 heterocycles. The number of carbonyl (C=O) groups is 2. The molecule has 4 aliphatic rings. The zero-order valence-corrected chi connectivity index (χ0v) is 14.7. The van der Waals surface area contributed by atoms with Gasteiger partial charge in [0.15, 0.2) is 5.78 Å². The first-order chi connectivity index (χ1) is 10.9. The fraction of sp³-hybridized carbons (Fsp3) is 0.762. The summed E-state index contributed by atoms with van der Waals surface area (Å²) < 4.78 is 0. The van der Waals surface area contributed by atoms with Gasteiger partial charge in [-0.3, -0.25) is 9.59 Å². The lowest BCUT2D eigenvalue weighted by Gasteiger charge is -2.57. The molecule has 3 fully saturated rings. The predicted molar refractivity (Wildman–Crippen MR) is 90.6 cm³/mol. The lowest BCUT2D eigenvalue weighted by Crippen LogP contribution is -2.51. The van der Waals surface area contributed by atoms with Crippen molar-refractivity contribution in [3.8, 4) is 0 Å². The second-order valence-electron chi connectivity index (χ2n) is 9.07. The molecule has 2 heteroatoms. The van der Waals surface area contributed by atoms with Crippen molar-refractivity contribution in [2.24, 2.45) is 34.5 Å². The molecule has 2 nitrogen and oxygen atoms in total. The Morgan fingerprint density at radius 3 is 2.70 bits per heavy atom. The van der Waals surface area contributed by atoms with Gasteiger partial charge in [-0.2, -0.15) is 0 Å². The number of carbonyl (C=O) groups excluding carboxylic acids is 2. The van der Waals surface area contributed by atoms with Crippen LogP contribution in [0.4, 0.5) is 0 Å². The normalized spacial score (nSPS) is 49.0. The molecule has 0 unspecified atom stereocenters. The molecule has 0 N–H and O–H groups in total. The average Bonchev–Trinajstić information content (AvgIpc) is 2.85. The van der Waals surface area contributed by atoms with Crippen molar-refractivity contribution in [2.75, 3.05) is 0 Å². The Morgan fingerprint density at radius 1 is 1.17 bits per heavy atom. The Bertz CT molecular complexity index is 589. The van der Waals surface area contributed by atoms with Crippen LogP contribution in [0.15, 0.2) is 11.6 Å². The van der Waals surface area contributed by atoms with Crippen LogP contribution >= 0.6 is 0 Å². The molecule has 0 aromatic carbocycles. The molecular formula is C21H29O2. The van der Waals surface area contributed by atoms with Crippen molar-refractivity contribution < 1.29 is 9.59 Å². The molecule has 125 valence electrons. The minimum Gasteiger partial charge on any atom is -0.300 e. The molecule has 0 aliphatic heterocycles. The topological polar surface area (TPSA) is 34.1 Å². The number of allylic oxidation sites excluding steroid dienone is 1. The maximum atomic E-state index is 12.1. The second-order valence-corrected chi connectivity index (χ2v) is 9.07. The highest BCUT2D eigenvalue weighted by molar-refractivity contribution is 5.91. The summed E-state index contributed by atoms with van der Waals surface area (Å²) in [5.41, 5.74) is 1.80. The molecular weight excluding hydrogens is 284 g/mol. The maximum Gasteiger partial charge on any atom is 0.155 e. The molecule has 1 radical (unpaired) electrons. The van der Waals surface area contributed by atoms with Crippen LogP contribution in [-0.4, -0.2) is 11.6 Å². The van der Waals surface area contributed by atoms with Crippen LogP contribution in [0.2, 0.25) is 0 Å². The third-order valence-corrected chi connectivity index (χ3v) is 8.13. The predicted octanol–water partition coefficient (Wildman–Crippen LogP) is 4.54. The van der Waals surface area contributed by atoms with Gasteiger partial charge in [0.2, 0.25) is 0 Å². The highest BCUT2D eigenvalue weighted by Crippen LogP contribution is 2.66. The lowest BCUT2D eigenvalue weighted by molar-refractivity contribution is -0.126. The van der Waals surface area contributed by atoms with Crippen molar-refractivity contribution in [1.29, 1.82) is 0 Å². The number of rotatable bonds is 1. The van der Waals surface area contributed by atoms with Crippen molar-refractivity contribution in [3.05, 3.63) is 18.1 Å². The Morgan fingerprint density at radius 2 is 1.96 bits per heavy atom. The summed E-state index contributed by atoms with van der Waals surface area (Å²) in [5, 5.41) is 0. The van der Waals surface area contributed by atoms with E-state index in [1.54, 1.807) is 6.92 Å². The highest BCUT2D eigenvalue weighted by atomic mass is 16.1. The third kappa shape index (κ3) is 2.06. The molecule has 0 amide bonds. The van der Waals surface area contributed by atoms with Gasteiger partial charge in [-0.1, -0.05) is 19.4 Å². The number of ketones is 2. The van der Waals surface area contributed by atoms with Crippen LogP contribution in [0, 0.1) is 40.9 Å². The first-order valence-corrected chi connectivity index (χ1v) is 9.44. The Kier molecular flexibility index (Phi) is 3.42. The van der Waals surface area contributed by atoms with Gasteiger partial charge in [-0.15, -0.1) is 0 Å². The van der Waals surface area contributed by atoms with Crippen LogP contribution in [0.5, 0.6) is 0 Å². The van der Waals surface area contributed by atoms with E-state index in [0.29, 0.717) is 29.3 Å². The molecule has 0 spiro atoms. The van der Waals surface area contributed by atoms with E-state index in [1.807, 2.05) is 6.08 Å². The Hall–Kier alpha value is -0.920. The first kappa shape index (κ1) is 15.6. The van der Waals surface area contributed by atoms with E-state index in [-0.39, 0.29) is 16.7 Å². The largest absolute Gasteiger partial charge is 0.300 e. The van der Waals surface area contributed by atoms with Crippen LogP contribution in [0.25, 0.3) is 0 Å². The summed E-state index contributed by atoms with van der Waals surface area (Å²) in [4.78, 5) is 24.0. The van der Waals surface area contributed by atoms with E-state index < -0.39 is 0 Å². The first-order valence-electron chi connectivity index (χ1n) is 9.44. The molecule has 0 saturated heterocycles. The number of Topliss-reactive ketones (excluding diaryl/α,β-unsaturated/α-hetero) is 1. The molecule has 4 rings (SSSR count). The van der Waals surface area contributed by atoms with Crippen molar-refractivity contribution in [2.45, 2.75) is 65.7 Å². The van der Waals surface area contributed by atoms with Crippen LogP contribution in [-0.2, 0) is 9.59 Å². The minimum atomic E-state index is 0.190. The quantitative estimate of drug-likeness (QED) is 0.712. The highest BCUT2D eigenvalue weighted by Gasteiger charge is 2.59. The van der Waals surface area contributed by atoms with Crippen molar-refractivity contribution in [1.82, 2.24) is 0 Å². The van der Waals surface area contributed by atoms with Crippen molar-refractivity contribution >= 4 is 11.6 Å². The fourth-order valence-electron chi connectivity index (χ4n) is 6.88. The lowest BCUT2D eigenvalue weighted by atomic mass is 9.47. The molecule has 0 bridgehead atoms. The monoisotopic (exact) mass is 313 g/mol. The summed E-state index contributed by atoms with van der Waals surface area (Å²) in [5.74, 6) is 3.01. The SMILES string of the molecule is CC(=O)[C@H]1CC[C@H]2[C@@H]3CCC4=CC(=O)CC[C@]4(C)[C@H]3[CH]C[C@]12C. The number of hydrogen-bond acceptors (Lipinski definition) is 2. The number of hydrogen-bond donors (Lipinski definition) is 0. The van der Waals surface area contributed by atoms with E-state index in [4.69, 9.17) is 0 Å². The summed E-state index contributed by atoms with van der Waals surface area (Å²) in [7, 11) is 0. The van der Waals surface area contributed by atoms with E-state index in [1.165, 1.54) is 18.4 Å². The van der Waals surface area contributed by atoms with E-state index >= 15 is 0 Å². The average molecular weight is 313 g/mol. The standard InChI is InChI=1S/C21H29O2/c1-13(22)17-6-7-18-16-5-4-14-12-15(23)8-10-20(14,2)19(16)9-11-21(17,18)3/h9,12,16-19H,4-8,10-11H2,1-3H3/t16-,17+,18-,19-,20-,21+/m0/s1. The second kappa shape index (κ2) is 5.04. The Labute approximate surface area is 140 Å². The van der Waals surface area contributed by atoms with Crippen LogP contribution in [0.3, 0.4) is 0 Å². The van der Waals surface area contributed by atoms with Gasteiger partial charge in [-0.05, 0) is 86.5 Å². The van der Waals surface area contributed by atoms with Gasteiger partial charge in [0.05, 0.1) is 0 Å². The fourth-order valence-corrected chi connectivity index (χ4v) is 6.88. The van der Waals surface area contributed by atoms with Gasteiger partial charge in [0.1, 0.15) is 5.78 Å². The van der Waals surface area contributed by atoms with Gasteiger partial charge in [-0.25, -0.2) is 0 Å². The van der Waals surface area contributed by atoms with Crippen LogP contribution < -0.4 is 0 Å². The van der Waals surface area contributed by atoms with E-state index in [0.717, 1.165) is 32.1 Å². The van der Waals surface area contributed by atoms with Gasteiger partial charge in [0.25, 0.3) is 0 Å². The maximum absolute atomic E-state index is 12.1. The summed E-state index contributed by atoms with van der Waals surface area (Å²) in [6, 6.07) is 0. The zero-order chi connectivity index (χ0) is 16.4. The summed E-state index contributed by atoms with van der Waals surface area (Å²) in [6.07, 6.45) is 12.0. The molecule has 23 heavy (non-hydrogen) atoms. The summed E-state index contributed by atoms with van der Waals surface area (Å²) in [6.45, 7) is 6.57. The van der Waals surface area contributed by atoms with Gasteiger partial charge in [0, 0.05) is 12.3 Å². The van der Waals surface area contributed by atoms with E-state index in [2.05, 4.69) is 20.3 Å². The van der Waals surface area contributed by atoms with E-state index in [9.17, 15) is 9.59 Å². The van der Waals surface area contributed by atoms with Gasteiger partial charge >= 0.3 is 0 Å². The smallest absolute Gasteiger partial charge is 0.155 e. The van der Waals surface area contributed by atoms with Gasteiger partial charge < -0.3 is 0 Å². The molecule has 3 saturated carbocycles. The molecule has 0 aromatic heterocycles. The molecule has 6 atom stereocenters. The molecule has 0 aromatic rings.